The summed E-state index contributed by atoms with van der Waals surface area (Å²) in [6.45, 7) is 1.97. The average Bonchev–Trinajstić information content (AvgIpc) is 2.34. The Morgan fingerprint density at radius 2 is 2.00 bits per heavy atom. The Morgan fingerprint density at radius 3 is 2.61 bits per heavy atom. The maximum Gasteiger partial charge on any atom is 0.252 e. The molecule has 0 saturated carbocycles. The maximum absolute atomic E-state index is 13.0. The number of nitrogens with two attached hydrogens (primary N) is 1. The largest absolute Gasteiger partial charge is 0.365 e. The van der Waals surface area contributed by atoms with Gasteiger partial charge in [-0.15, -0.1) is 0 Å². The van der Waals surface area contributed by atoms with Gasteiger partial charge in [0.15, 0.2) is 0 Å². The fourth-order valence-corrected chi connectivity index (χ4v) is 1.50. The van der Waals surface area contributed by atoms with Crippen molar-refractivity contribution < 1.29 is 9.18 Å². The average molecular weight is 245 g/mol. The van der Waals surface area contributed by atoms with Gasteiger partial charge in [-0.25, -0.2) is 9.37 Å². The molecule has 0 atom stereocenters. The maximum atomic E-state index is 13.0. The molecule has 1 aromatic carbocycles. The van der Waals surface area contributed by atoms with E-state index in [0.717, 1.165) is 23.5 Å². The van der Waals surface area contributed by atoms with E-state index in [1.165, 1.54) is 0 Å². The number of anilines is 2. The number of benzene rings is 1. The summed E-state index contributed by atoms with van der Waals surface area (Å²) in [5, 5.41) is 2.93. The van der Waals surface area contributed by atoms with E-state index in [4.69, 9.17) is 5.73 Å². The van der Waals surface area contributed by atoms with Crippen LogP contribution in [-0.4, -0.2) is 10.9 Å². The minimum Gasteiger partial charge on any atom is -0.365 e. The summed E-state index contributed by atoms with van der Waals surface area (Å²) >= 11 is 0. The Hall–Kier alpha value is -2.43. The number of nitrogens with one attached hydrogen (secondary N) is 1. The lowest BCUT2D eigenvalue weighted by molar-refractivity contribution is 0.100. The van der Waals surface area contributed by atoms with Crippen LogP contribution in [0.4, 0.5) is 15.9 Å². The van der Waals surface area contributed by atoms with Crippen LogP contribution in [0.2, 0.25) is 0 Å². The number of amides is 1. The van der Waals surface area contributed by atoms with Gasteiger partial charge >= 0.3 is 0 Å². The van der Waals surface area contributed by atoms with Crippen LogP contribution < -0.4 is 11.1 Å². The fraction of sp³-hybridized carbons (Fsp3) is 0.0769. The zero-order valence-corrected chi connectivity index (χ0v) is 9.77. The van der Waals surface area contributed by atoms with Gasteiger partial charge in [0, 0.05) is 5.69 Å². The quantitative estimate of drug-likeness (QED) is 0.872. The van der Waals surface area contributed by atoms with E-state index in [1.807, 2.05) is 31.2 Å². The summed E-state index contributed by atoms with van der Waals surface area (Å²) in [5.74, 6) is -1.08. The van der Waals surface area contributed by atoms with E-state index >= 15 is 0 Å². The lowest BCUT2D eigenvalue weighted by Gasteiger charge is -2.09. The van der Waals surface area contributed by atoms with Crippen LogP contribution in [0.15, 0.2) is 36.5 Å². The van der Waals surface area contributed by atoms with Crippen molar-refractivity contribution in [1.29, 1.82) is 0 Å². The molecular formula is C13H12FN3O. The summed E-state index contributed by atoms with van der Waals surface area (Å²) in [4.78, 5) is 15.0. The normalized spacial score (nSPS) is 10.1. The second-order valence-electron chi connectivity index (χ2n) is 3.90. The van der Waals surface area contributed by atoms with Crippen LogP contribution >= 0.6 is 0 Å². The topological polar surface area (TPSA) is 68.0 Å². The highest BCUT2D eigenvalue weighted by Gasteiger charge is 2.11. The number of nitrogens with zero attached hydrogens (tertiary/aromatic N) is 1. The van der Waals surface area contributed by atoms with Crippen molar-refractivity contribution in [2.75, 3.05) is 5.32 Å². The predicted molar refractivity (Wildman–Crippen MR) is 67.2 cm³/mol. The first-order chi connectivity index (χ1) is 8.56. The molecule has 2 rings (SSSR count). The van der Waals surface area contributed by atoms with Gasteiger partial charge in [-0.2, -0.15) is 0 Å². The summed E-state index contributed by atoms with van der Waals surface area (Å²) in [7, 11) is 0. The molecular weight excluding hydrogens is 233 g/mol. The standard InChI is InChI=1S/C13H12FN3O/c1-8-2-4-10(5-3-8)17-13-11(12(15)18)6-9(14)7-16-13/h2-7H,1H3,(H2,15,18)(H,16,17). The fourth-order valence-electron chi connectivity index (χ4n) is 1.50. The van der Waals surface area contributed by atoms with Gasteiger partial charge in [-0.1, -0.05) is 17.7 Å². The number of primary amides is 1. The SMILES string of the molecule is Cc1ccc(Nc2ncc(F)cc2C(N)=O)cc1. The molecule has 5 heteroatoms. The summed E-state index contributed by atoms with van der Waals surface area (Å²) in [6.07, 6.45) is 1.03. The number of hydrogen-bond acceptors (Lipinski definition) is 3. The summed E-state index contributed by atoms with van der Waals surface area (Å²) < 4.78 is 13.0. The number of carbonyl (C=O) groups is 1. The van der Waals surface area contributed by atoms with Crippen LogP contribution in [-0.2, 0) is 0 Å². The number of halogens is 1. The van der Waals surface area contributed by atoms with E-state index in [2.05, 4.69) is 10.3 Å². The minimum atomic E-state index is -0.725. The number of aromatic nitrogens is 1. The Morgan fingerprint density at radius 1 is 1.33 bits per heavy atom. The van der Waals surface area contributed by atoms with Gasteiger partial charge in [0.05, 0.1) is 11.8 Å². The summed E-state index contributed by atoms with van der Waals surface area (Å²) in [5.41, 5.74) is 7.06. The van der Waals surface area contributed by atoms with Crippen molar-refractivity contribution in [3.05, 3.63) is 53.5 Å². The van der Waals surface area contributed by atoms with Gasteiger partial charge in [-0.05, 0) is 25.1 Å². The number of pyridine rings is 1. The molecule has 1 heterocycles. The van der Waals surface area contributed by atoms with Gasteiger partial charge < -0.3 is 11.1 Å². The molecule has 0 bridgehead atoms. The van der Waals surface area contributed by atoms with Crippen molar-refractivity contribution in [3.8, 4) is 0 Å². The Labute approximate surface area is 104 Å². The van der Waals surface area contributed by atoms with Gasteiger partial charge in [0.2, 0.25) is 0 Å². The van der Waals surface area contributed by atoms with Crippen LogP contribution in [0, 0.1) is 12.7 Å². The highest BCUT2D eigenvalue weighted by molar-refractivity contribution is 5.98. The number of aryl methyl sites for hydroxylation is 1. The molecule has 2 aromatic rings. The zero-order chi connectivity index (χ0) is 13.1. The first-order valence-electron chi connectivity index (χ1n) is 5.35. The van der Waals surface area contributed by atoms with E-state index in [-0.39, 0.29) is 11.4 Å². The summed E-state index contributed by atoms with van der Waals surface area (Å²) in [6, 6.07) is 8.56. The smallest absolute Gasteiger partial charge is 0.252 e. The molecule has 18 heavy (non-hydrogen) atoms. The highest BCUT2D eigenvalue weighted by Crippen LogP contribution is 2.19. The van der Waals surface area contributed by atoms with Gasteiger partial charge in [-0.3, -0.25) is 4.79 Å². The third-order valence-corrected chi connectivity index (χ3v) is 2.43. The molecule has 0 fully saturated rings. The van der Waals surface area contributed by atoms with Gasteiger partial charge in [0.1, 0.15) is 11.6 Å². The molecule has 0 saturated heterocycles. The molecule has 0 spiro atoms. The monoisotopic (exact) mass is 245 g/mol. The molecule has 1 amide bonds. The van der Waals surface area contributed by atoms with Crippen LogP contribution in [0.1, 0.15) is 15.9 Å². The first kappa shape index (κ1) is 12.0. The molecule has 1 aromatic heterocycles. The molecule has 4 nitrogen and oxygen atoms in total. The lowest BCUT2D eigenvalue weighted by Crippen LogP contribution is -2.14. The molecule has 92 valence electrons. The van der Waals surface area contributed by atoms with Crippen molar-refractivity contribution >= 4 is 17.4 Å². The van der Waals surface area contributed by atoms with E-state index < -0.39 is 11.7 Å². The van der Waals surface area contributed by atoms with E-state index in [0.29, 0.717) is 0 Å². The molecule has 0 unspecified atom stereocenters. The Kier molecular flexibility index (Phi) is 3.23. The highest BCUT2D eigenvalue weighted by atomic mass is 19.1. The number of hydrogen-bond donors (Lipinski definition) is 2. The molecule has 0 aliphatic carbocycles. The van der Waals surface area contributed by atoms with Crippen molar-refractivity contribution in [2.45, 2.75) is 6.92 Å². The van der Waals surface area contributed by atoms with Crippen LogP contribution in [0.5, 0.6) is 0 Å². The Balaban J connectivity index is 2.34. The van der Waals surface area contributed by atoms with Crippen molar-refractivity contribution in [3.63, 3.8) is 0 Å². The number of carbonyl (C=O) groups excluding carboxylic acids is 1. The van der Waals surface area contributed by atoms with Crippen molar-refractivity contribution in [1.82, 2.24) is 4.98 Å². The Bertz CT molecular complexity index is 581. The first-order valence-corrected chi connectivity index (χ1v) is 5.35. The second kappa shape index (κ2) is 4.83. The molecule has 0 aliphatic rings. The minimum absolute atomic E-state index is 0.0237. The van der Waals surface area contributed by atoms with Crippen LogP contribution in [0.25, 0.3) is 0 Å². The molecule has 0 radical (unpaired) electrons. The molecule has 3 N–H and O–H groups in total. The van der Waals surface area contributed by atoms with Crippen molar-refractivity contribution in [2.24, 2.45) is 5.73 Å². The van der Waals surface area contributed by atoms with E-state index in [1.54, 1.807) is 0 Å². The van der Waals surface area contributed by atoms with E-state index in [9.17, 15) is 9.18 Å². The lowest BCUT2D eigenvalue weighted by atomic mass is 10.2. The third kappa shape index (κ3) is 2.63. The third-order valence-electron chi connectivity index (χ3n) is 2.43. The second-order valence-corrected chi connectivity index (χ2v) is 3.90. The molecule has 0 aliphatic heterocycles. The van der Waals surface area contributed by atoms with Gasteiger partial charge in [0.25, 0.3) is 5.91 Å². The van der Waals surface area contributed by atoms with Crippen LogP contribution in [0.3, 0.4) is 0 Å². The predicted octanol–water partition coefficient (Wildman–Crippen LogP) is 2.37. The zero-order valence-electron chi connectivity index (χ0n) is 9.77. The number of rotatable bonds is 3.